The molecule has 0 spiro atoms. The Morgan fingerprint density at radius 1 is 0.543 bits per heavy atom. The van der Waals surface area contributed by atoms with Crippen molar-refractivity contribution in [2.75, 3.05) is 0 Å². The Morgan fingerprint density at radius 3 is 1.57 bits per heavy atom. The van der Waals surface area contributed by atoms with Gasteiger partial charge < -0.3 is 0 Å². The monoisotopic (exact) mass is 483 g/mol. The standard InChI is InChI=1S/C33H23S2/c1-3-13-25(14-4-1)32-22-24(23-33(35-32)26-15-5-2-6-16-26)12-11-19-27-28-17-7-9-20-30(28)34-31-21-10-8-18-29(27)31/h1-23H/q+1. The fraction of sp³-hybridized carbons (Fsp3) is 0. The average Bonchev–Trinajstić information content (AvgIpc) is 2.93. The van der Waals surface area contributed by atoms with Crippen molar-refractivity contribution < 1.29 is 0 Å². The summed E-state index contributed by atoms with van der Waals surface area (Å²) in [5.41, 5.74) is 7.56. The Balaban J connectivity index is 1.43. The molecule has 0 saturated heterocycles. The van der Waals surface area contributed by atoms with Crippen LogP contribution in [0.25, 0.3) is 32.5 Å². The van der Waals surface area contributed by atoms with E-state index in [1.165, 1.54) is 52.9 Å². The van der Waals surface area contributed by atoms with Gasteiger partial charge in [-0.25, -0.2) is 0 Å². The van der Waals surface area contributed by atoms with Crippen LogP contribution in [0.5, 0.6) is 0 Å². The lowest BCUT2D eigenvalue weighted by molar-refractivity contribution is 1.29. The average molecular weight is 484 g/mol. The summed E-state index contributed by atoms with van der Waals surface area (Å²) in [6.45, 7) is 0. The molecule has 0 amide bonds. The van der Waals surface area contributed by atoms with Gasteiger partial charge in [0.15, 0.2) is 0 Å². The van der Waals surface area contributed by atoms with Crippen LogP contribution in [0.1, 0.15) is 16.7 Å². The minimum Gasteiger partial charge on any atom is -0.0888 e. The predicted molar refractivity (Wildman–Crippen MR) is 153 cm³/mol. The molecule has 0 unspecified atom stereocenters. The van der Waals surface area contributed by atoms with Crippen LogP contribution in [0.15, 0.2) is 143 Å². The van der Waals surface area contributed by atoms with Gasteiger partial charge in [-0.05, 0) is 58.7 Å². The molecule has 5 aromatic rings. The number of rotatable bonds is 4. The molecule has 0 saturated carbocycles. The van der Waals surface area contributed by atoms with E-state index >= 15 is 0 Å². The van der Waals surface area contributed by atoms with Gasteiger partial charge in [-0.2, -0.15) is 0 Å². The molecule has 2 heteroatoms. The SMILES string of the molecule is C(/C=C/c1cc(-c2ccccc2)[s+]c(-c2ccccc2)c1)=C1c2ccccc2Sc2ccccc21. The molecule has 0 nitrogen and oxygen atoms in total. The van der Waals surface area contributed by atoms with Crippen LogP contribution in [-0.4, -0.2) is 0 Å². The molecule has 2 heterocycles. The molecule has 0 atom stereocenters. The second-order valence-electron chi connectivity index (χ2n) is 8.39. The first kappa shape index (κ1) is 21.8. The number of hydrogen-bond acceptors (Lipinski definition) is 1. The number of hydrogen-bond donors (Lipinski definition) is 0. The Bertz CT molecular complexity index is 1440. The van der Waals surface area contributed by atoms with Crippen LogP contribution in [0, 0.1) is 0 Å². The summed E-state index contributed by atoms with van der Waals surface area (Å²) in [7, 11) is 0. The largest absolute Gasteiger partial charge is 0.239 e. The van der Waals surface area contributed by atoms with Crippen molar-refractivity contribution in [1.82, 2.24) is 0 Å². The van der Waals surface area contributed by atoms with Gasteiger partial charge >= 0.3 is 0 Å². The zero-order chi connectivity index (χ0) is 23.5. The van der Waals surface area contributed by atoms with E-state index < -0.39 is 0 Å². The third-order valence-corrected chi connectivity index (χ3v) is 8.36. The van der Waals surface area contributed by atoms with E-state index in [4.69, 9.17) is 0 Å². The summed E-state index contributed by atoms with van der Waals surface area (Å²) in [5, 5.41) is 0. The first-order chi connectivity index (χ1) is 17.3. The molecule has 1 aromatic heterocycles. The second-order valence-corrected chi connectivity index (χ2v) is 10.6. The van der Waals surface area contributed by atoms with Crippen molar-refractivity contribution in [3.8, 4) is 20.9 Å². The first-order valence-corrected chi connectivity index (χ1v) is 13.3. The van der Waals surface area contributed by atoms with Crippen LogP contribution in [0.3, 0.4) is 0 Å². The maximum Gasteiger partial charge on any atom is 0.239 e. The van der Waals surface area contributed by atoms with Crippen LogP contribution in [0.4, 0.5) is 0 Å². The van der Waals surface area contributed by atoms with Gasteiger partial charge in [0.25, 0.3) is 0 Å². The fourth-order valence-electron chi connectivity index (χ4n) is 4.36. The van der Waals surface area contributed by atoms with Gasteiger partial charge in [0.1, 0.15) is 0 Å². The van der Waals surface area contributed by atoms with Gasteiger partial charge in [-0.1, -0.05) is 103 Å². The van der Waals surface area contributed by atoms with Crippen molar-refractivity contribution in [2.24, 2.45) is 0 Å². The molecule has 1 aliphatic rings. The minimum absolute atomic E-state index is 1.20. The third-order valence-electron chi connectivity index (χ3n) is 6.06. The maximum atomic E-state index is 2.29. The van der Waals surface area contributed by atoms with Crippen molar-refractivity contribution >= 4 is 34.7 Å². The third kappa shape index (κ3) is 4.64. The van der Waals surface area contributed by atoms with E-state index in [0.29, 0.717) is 0 Å². The summed E-state index contributed by atoms with van der Waals surface area (Å²) in [6, 6.07) is 43.2. The van der Waals surface area contributed by atoms with E-state index in [-0.39, 0.29) is 0 Å². The quantitative estimate of drug-likeness (QED) is 0.225. The number of allylic oxidation sites excluding steroid dienone is 2. The maximum absolute atomic E-state index is 2.29. The highest BCUT2D eigenvalue weighted by Gasteiger charge is 2.20. The minimum atomic E-state index is 1.20. The summed E-state index contributed by atoms with van der Waals surface area (Å²) in [4.78, 5) is 5.16. The molecule has 0 radical (unpaired) electrons. The van der Waals surface area contributed by atoms with E-state index in [1.54, 1.807) is 0 Å². The molecule has 4 aromatic carbocycles. The molecular formula is C33H23S2+. The molecule has 0 bridgehead atoms. The zero-order valence-corrected chi connectivity index (χ0v) is 20.7. The van der Waals surface area contributed by atoms with Crippen LogP contribution < -0.4 is 0 Å². The predicted octanol–water partition coefficient (Wildman–Crippen LogP) is 9.97. The number of fused-ring (bicyclic) bond motifs is 2. The lowest BCUT2D eigenvalue weighted by atomic mass is 9.96. The van der Waals surface area contributed by atoms with E-state index in [0.717, 1.165) is 0 Å². The van der Waals surface area contributed by atoms with E-state index in [9.17, 15) is 0 Å². The van der Waals surface area contributed by atoms with Crippen LogP contribution >= 0.6 is 23.1 Å². The normalized spacial score (nSPS) is 12.3. The van der Waals surface area contributed by atoms with E-state index in [2.05, 4.69) is 140 Å². The Labute approximate surface area is 215 Å². The Morgan fingerprint density at radius 2 is 1.03 bits per heavy atom. The van der Waals surface area contributed by atoms with Gasteiger partial charge in [0, 0.05) is 33.1 Å². The summed E-state index contributed by atoms with van der Waals surface area (Å²) < 4.78 is 0. The summed E-state index contributed by atoms with van der Waals surface area (Å²) in [6.07, 6.45) is 6.69. The molecule has 0 N–H and O–H groups in total. The molecular weight excluding hydrogens is 460 g/mol. The highest BCUT2D eigenvalue weighted by atomic mass is 32.2. The summed E-state index contributed by atoms with van der Waals surface area (Å²) >= 11 is 3.69. The number of benzene rings is 4. The first-order valence-electron chi connectivity index (χ1n) is 11.7. The smallest absolute Gasteiger partial charge is 0.0888 e. The van der Waals surface area contributed by atoms with Crippen molar-refractivity contribution in [2.45, 2.75) is 9.79 Å². The highest BCUT2D eigenvalue weighted by molar-refractivity contribution is 7.99. The lowest BCUT2D eigenvalue weighted by Crippen LogP contribution is -1.98. The molecule has 0 fully saturated rings. The fourth-order valence-corrected chi connectivity index (χ4v) is 6.60. The van der Waals surface area contributed by atoms with Crippen molar-refractivity contribution in [1.29, 1.82) is 0 Å². The van der Waals surface area contributed by atoms with Crippen LogP contribution in [-0.2, 0) is 0 Å². The molecule has 35 heavy (non-hydrogen) atoms. The molecule has 1 aliphatic heterocycles. The topological polar surface area (TPSA) is 0 Å². The lowest BCUT2D eigenvalue weighted by Gasteiger charge is -2.21. The zero-order valence-electron chi connectivity index (χ0n) is 19.1. The van der Waals surface area contributed by atoms with Crippen LogP contribution in [0.2, 0.25) is 0 Å². The van der Waals surface area contributed by atoms with E-state index in [1.807, 2.05) is 23.1 Å². The van der Waals surface area contributed by atoms with Gasteiger partial charge in [0.2, 0.25) is 21.1 Å². The van der Waals surface area contributed by atoms with Gasteiger partial charge in [0.05, 0.1) is 0 Å². The van der Waals surface area contributed by atoms with Gasteiger partial charge in [-0.3, -0.25) is 0 Å². The van der Waals surface area contributed by atoms with Crippen molar-refractivity contribution in [3.63, 3.8) is 0 Å². The molecule has 166 valence electrons. The summed E-state index contributed by atoms with van der Waals surface area (Å²) in [5.74, 6) is 0. The highest BCUT2D eigenvalue weighted by Crippen LogP contribution is 2.45. The Kier molecular flexibility index (Phi) is 6.15. The van der Waals surface area contributed by atoms with Crippen molar-refractivity contribution in [3.05, 3.63) is 150 Å². The molecule has 0 aliphatic carbocycles. The second kappa shape index (κ2) is 9.87. The van der Waals surface area contributed by atoms with Gasteiger partial charge in [-0.15, -0.1) is 0 Å². The Hall–Kier alpha value is -3.72. The molecule has 6 rings (SSSR count).